The number of ether oxygens (including phenoxy) is 1. The summed E-state index contributed by atoms with van der Waals surface area (Å²) in [5.41, 5.74) is 0.419. The Bertz CT molecular complexity index is 668. The number of carbonyl (C=O) groups excluding carboxylic acids is 1. The van der Waals surface area contributed by atoms with E-state index in [4.69, 9.17) is 39.5 Å². The Balaban J connectivity index is 2.16. The molecule has 122 valence electrons. The van der Waals surface area contributed by atoms with E-state index < -0.39 is 15.9 Å². The summed E-state index contributed by atoms with van der Waals surface area (Å²) in [4.78, 5) is 20.4. The van der Waals surface area contributed by atoms with Gasteiger partial charge in [0.15, 0.2) is 5.16 Å². The van der Waals surface area contributed by atoms with Crippen molar-refractivity contribution < 1.29 is 9.53 Å². The highest BCUT2D eigenvalue weighted by Gasteiger charge is 2.36. The molecular weight excluding hydrogens is 381 g/mol. The first-order valence-corrected chi connectivity index (χ1v) is 8.72. The zero-order valence-corrected chi connectivity index (χ0v) is 15.0. The normalized spacial score (nSPS) is 12.5. The highest BCUT2D eigenvalue weighted by Crippen LogP contribution is 2.31. The van der Waals surface area contributed by atoms with Gasteiger partial charge in [-0.05, 0) is 18.4 Å². The monoisotopic (exact) mass is 391 g/mol. The molecule has 2 rings (SSSR count). The van der Waals surface area contributed by atoms with Crippen LogP contribution in [0.1, 0.15) is 10.4 Å². The second-order valence-corrected chi connectivity index (χ2v) is 7.40. The molecule has 0 saturated heterocycles. The first kappa shape index (κ1) is 18.1. The molecule has 0 saturated carbocycles. The van der Waals surface area contributed by atoms with Crippen LogP contribution in [0.5, 0.6) is 5.88 Å². The lowest BCUT2D eigenvalue weighted by Gasteiger charge is -2.25. The number of alkyl halides is 3. The first-order valence-electron chi connectivity index (χ1n) is 6.36. The van der Waals surface area contributed by atoms with E-state index in [1.807, 2.05) is 6.26 Å². The van der Waals surface area contributed by atoms with E-state index in [0.717, 1.165) is 0 Å². The molecule has 0 spiro atoms. The van der Waals surface area contributed by atoms with Crippen molar-refractivity contribution in [2.45, 2.75) is 15.2 Å². The van der Waals surface area contributed by atoms with Gasteiger partial charge in [-0.2, -0.15) is 4.98 Å². The maximum absolute atomic E-state index is 12.2. The number of nitrogens with one attached hydrogen (secondary N) is 1. The molecule has 0 aliphatic rings. The van der Waals surface area contributed by atoms with Crippen LogP contribution in [0, 0.1) is 0 Å². The number of benzene rings is 1. The number of rotatable bonds is 5. The van der Waals surface area contributed by atoms with E-state index in [0.29, 0.717) is 10.7 Å². The van der Waals surface area contributed by atoms with Gasteiger partial charge in [-0.15, -0.1) is 0 Å². The minimum absolute atomic E-state index is 0.189. The zero-order chi connectivity index (χ0) is 16.9. The van der Waals surface area contributed by atoms with Crippen LogP contribution >= 0.6 is 46.6 Å². The molecule has 0 radical (unpaired) electrons. The molecule has 1 heterocycles. The molecule has 0 unspecified atom stereocenters. The summed E-state index contributed by atoms with van der Waals surface area (Å²) in [5.74, 6) is -0.241. The van der Waals surface area contributed by atoms with Gasteiger partial charge in [0.1, 0.15) is 0 Å². The molecule has 0 bridgehead atoms. The zero-order valence-electron chi connectivity index (χ0n) is 11.9. The van der Waals surface area contributed by atoms with Gasteiger partial charge < -0.3 is 10.1 Å². The highest BCUT2D eigenvalue weighted by atomic mass is 35.6. The van der Waals surface area contributed by atoms with Crippen LogP contribution in [-0.2, 0) is 0 Å². The summed E-state index contributed by atoms with van der Waals surface area (Å²) in [6, 6.07) is 10.1. The van der Waals surface area contributed by atoms with Crippen LogP contribution < -0.4 is 10.1 Å². The van der Waals surface area contributed by atoms with Crippen molar-refractivity contribution in [1.29, 1.82) is 0 Å². The van der Waals surface area contributed by atoms with Crippen LogP contribution in [0.15, 0.2) is 47.8 Å². The van der Waals surface area contributed by atoms with Gasteiger partial charge in [0.05, 0.1) is 0 Å². The molecule has 0 aliphatic carbocycles. The summed E-state index contributed by atoms with van der Waals surface area (Å²) in [5, 5.41) is 3.03. The van der Waals surface area contributed by atoms with E-state index >= 15 is 0 Å². The minimum atomic E-state index is -1.88. The van der Waals surface area contributed by atoms with Gasteiger partial charge in [0.25, 0.3) is 5.91 Å². The van der Waals surface area contributed by atoms with Crippen LogP contribution in [0.4, 0.5) is 0 Å². The Kier molecular flexibility index (Phi) is 6.35. The van der Waals surface area contributed by atoms with E-state index in [9.17, 15) is 4.79 Å². The molecule has 1 amide bonds. The Labute approximate surface area is 152 Å². The maximum atomic E-state index is 12.2. The van der Waals surface area contributed by atoms with Gasteiger partial charge in [-0.3, -0.25) is 4.79 Å². The predicted octanol–water partition coefficient (Wildman–Crippen LogP) is 3.70. The van der Waals surface area contributed by atoms with Gasteiger partial charge in [0.2, 0.25) is 15.9 Å². The Morgan fingerprint density at radius 1 is 1.26 bits per heavy atom. The van der Waals surface area contributed by atoms with Crippen molar-refractivity contribution in [2.75, 3.05) is 6.26 Å². The van der Waals surface area contributed by atoms with Crippen LogP contribution in [0.2, 0.25) is 0 Å². The molecule has 0 aliphatic heterocycles. The standard InChI is InChI=1S/C14H12Cl3N3O2S/c1-23-13-18-8-7-10(19-13)22-12(14(15,16)17)20-11(21)9-5-3-2-4-6-9/h2-8,12H,1H3,(H,20,21)/t12-/m0/s1. The molecule has 23 heavy (non-hydrogen) atoms. The lowest BCUT2D eigenvalue weighted by molar-refractivity contribution is 0.0824. The van der Waals surface area contributed by atoms with E-state index in [-0.39, 0.29) is 5.88 Å². The minimum Gasteiger partial charge on any atom is -0.449 e. The second kappa shape index (κ2) is 8.06. The third-order valence-corrected chi connectivity index (χ3v) is 3.78. The third kappa shape index (κ3) is 5.42. The molecule has 1 aromatic heterocycles. The van der Waals surface area contributed by atoms with Gasteiger partial charge >= 0.3 is 0 Å². The molecule has 1 atom stereocenters. The molecule has 1 N–H and O–H groups in total. The predicted molar refractivity (Wildman–Crippen MR) is 92.4 cm³/mol. The highest BCUT2D eigenvalue weighted by molar-refractivity contribution is 7.98. The van der Waals surface area contributed by atoms with Crippen molar-refractivity contribution in [3.63, 3.8) is 0 Å². The molecule has 1 aromatic carbocycles. The van der Waals surface area contributed by atoms with Gasteiger partial charge in [0, 0.05) is 17.8 Å². The van der Waals surface area contributed by atoms with Gasteiger partial charge in [-0.1, -0.05) is 64.8 Å². The van der Waals surface area contributed by atoms with E-state index in [1.165, 1.54) is 24.0 Å². The van der Waals surface area contributed by atoms with E-state index in [1.54, 1.807) is 30.3 Å². The largest absolute Gasteiger partial charge is 0.449 e. The Hall–Kier alpha value is -1.21. The van der Waals surface area contributed by atoms with Crippen molar-refractivity contribution in [2.24, 2.45) is 0 Å². The third-order valence-electron chi connectivity index (χ3n) is 2.62. The average Bonchev–Trinajstić information content (AvgIpc) is 2.54. The number of aromatic nitrogens is 2. The average molecular weight is 393 g/mol. The fraction of sp³-hybridized carbons (Fsp3) is 0.214. The topological polar surface area (TPSA) is 64.1 Å². The number of carbonyl (C=O) groups is 1. The lowest BCUT2D eigenvalue weighted by atomic mass is 10.2. The molecular formula is C14H12Cl3N3O2S. The van der Waals surface area contributed by atoms with Crippen molar-refractivity contribution in [3.05, 3.63) is 48.2 Å². The maximum Gasteiger partial charge on any atom is 0.254 e. The van der Waals surface area contributed by atoms with Crippen LogP contribution in [0.25, 0.3) is 0 Å². The number of halogens is 3. The molecule has 2 aromatic rings. The number of nitrogens with zero attached hydrogens (tertiary/aromatic N) is 2. The Morgan fingerprint density at radius 3 is 2.57 bits per heavy atom. The molecule has 0 fully saturated rings. The number of amides is 1. The molecule has 5 nitrogen and oxygen atoms in total. The fourth-order valence-corrected chi connectivity index (χ4v) is 2.22. The van der Waals surface area contributed by atoms with Crippen molar-refractivity contribution in [3.8, 4) is 5.88 Å². The SMILES string of the molecule is CSc1nccc(O[C@H](NC(=O)c2ccccc2)C(Cl)(Cl)Cl)n1. The first-order chi connectivity index (χ1) is 10.9. The summed E-state index contributed by atoms with van der Waals surface area (Å²) < 4.78 is 3.64. The summed E-state index contributed by atoms with van der Waals surface area (Å²) >= 11 is 19.0. The van der Waals surface area contributed by atoms with Crippen molar-refractivity contribution in [1.82, 2.24) is 15.3 Å². The molecule has 9 heteroatoms. The number of hydrogen-bond donors (Lipinski definition) is 1. The van der Waals surface area contributed by atoms with E-state index in [2.05, 4.69) is 15.3 Å². The van der Waals surface area contributed by atoms with Gasteiger partial charge in [-0.25, -0.2) is 4.98 Å². The second-order valence-electron chi connectivity index (χ2n) is 4.26. The summed E-state index contributed by atoms with van der Waals surface area (Å²) in [6.07, 6.45) is 2.12. The summed E-state index contributed by atoms with van der Waals surface area (Å²) in [6.45, 7) is 0. The quantitative estimate of drug-likeness (QED) is 0.364. The number of thioether (sulfide) groups is 1. The lowest BCUT2D eigenvalue weighted by Crippen LogP contribution is -2.48. The van der Waals surface area contributed by atoms with Crippen LogP contribution in [-0.4, -0.2) is 32.2 Å². The summed E-state index contributed by atoms with van der Waals surface area (Å²) in [7, 11) is 0. The van der Waals surface area contributed by atoms with Crippen molar-refractivity contribution >= 4 is 52.5 Å². The smallest absolute Gasteiger partial charge is 0.254 e. The number of hydrogen-bond acceptors (Lipinski definition) is 5. The Morgan fingerprint density at radius 2 is 1.96 bits per heavy atom. The van der Waals surface area contributed by atoms with Crippen LogP contribution in [0.3, 0.4) is 0 Å². The fourth-order valence-electron chi connectivity index (χ4n) is 1.58.